The molecule has 1 aliphatic rings. The molecule has 0 bridgehead atoms. The lowest BCUT2D eigenvalue weighted by Crippen LogP contribution is -2.34. The van der Waals surface area contributed by atoms with E-state index in [4.69, 9.17) is 11.6 Å². The summed E-state index contributed by atoms with van der Waals surface area (Å²) in [6.45, 7) is 4.55. The third-order valence-electron chi connectivity index (χ3n) is 2.62. The van der Waals surface area contributed by atoms with Crippen LogP contribution in [0.3, 0.4) is 0 Å². The summed E-state index contributed by atoms with van der Waals surface area (Å²) in [6, 6.07) is 0.745. The second-order valence-electron chi connectivity index (χ2n) is 3.72. The SMILES string of the molecule is C=C(Cl)CN(C)C1CCCCC1. The summed E-state index contributed by atoms with van der Waals surface area (Å²) in [6.07, 6.45) is 6.83. The Bertz CT molecular complexity index is 150. The predicted molar refractivity (Wildman–Crippen MR) is 54.5 cm³/mol. The van der Waals surface area contributed by atoms with Crippen molar-refractivity contribution in [3.05, 3.63) is 11.6 Å². The van der Waals surface area contributed by atoms with Crippen molar-refractivity contribution >= 4 is 11.6 Å². The van der Waals surface area contributed by atoms with Crippen LogP contribution in [0.4, 0.5) is 0 Å². The van der Waals surface area contributed by atoms with Crippen LogP contribution < -0.4 is 0 Å². The first-order valence-corrected chi connectivity index (χ1v) is 5.11. The molecule has 0 N–H and O–H groups in total. The first-order chi connectivity index (χ1) is 5.70. The van der Waals surface area contributed by atoms with Gasteiger partial charge in [0.1, 0.15) is 0 Å². The monoisotopic (exact) mass is 187 g/mol. The molecule has 0 atom stereocenters. The summed E-state index contributed by atoms with van der Waals surface area (Å²) in [5.74, 6) is 0. The van der Waals surface area contributed by atoms with E-state index in [0.29, 0.717) is 0 Å². The third-order valence-corrected chi connectivity index (χ3v) is 2.74. The van der Waals surface area contributed by atoms with Crippen molar-refractivity contribution in [1.29, 1.82) is 0 Å². The van der Waals surface area contributed by atoms with Crippen molar-refractivity contribution < 1.29 is 0 Å². The van der Waals surface area contributed by atoms with Crippen molar-refractivity contribution in [3.8, 4) is 0 Å². The van der Waals surface area contributed by atoms with E-state index >= 15 is 0 Å². The summed E-state index contributed by atoms with van der Waals surface area (Å²) in [4.78, 5) is 2.33. The van der Waals surface area contributed by atoms with E-state index in [0.717, 1.165) is 17.6 Å². The van der Waals surface area contributed by atoms with E-state index in [1.807, 2.05) is 0 Å². The Kier molecular flexibility index (Phi) is 4.10. The van der Waals surface area contributed by atoms with Gasteiger partial charge in [0.15, 0.2) is 0 Å². The minimum Gasteiger partial charge on any atom is -0.298 e. The minimum atomic E-state index is 0.745. The molecule has 0 radical (unpaired) electrons. The van der Waals surface area contributed by atoms with Crippen LogP contribution in [0.25, 0.3) is 0 Å². The summed E-state index contributed by atoms with van der Waals surface area (Å²) < 4.78 is 0. The van der Waals surface area contributed by atoms with Gasteiger partial charge >= 0.3 is 0 Å². The van der Waals surface area contributed by atoms with Crippen LogP contribution in [-0.2, 0) is 0 Å². The molecule has 12 heavy (non-hydrogen) atoms. The molecular formula is C10H18ClN. The van der Waals surface area contributed by atoms with Crippen molar-refractivity contribution in [2.75, 3.05) is 13.6 Å². The molecule has 0 saturated heterocycles. The van der Waals surface area contributed by atoms with Crippen molar-refractivity contribution in [1.82, 2.24) is 4.90 Å². The highest BCUT2D eigenvalue weighted by atomic mass is 35.5. The van der Waals surface area contributed by atoms with E-state index in [1.54, 1.807) is 0 Å². The molecule has 1 aliphatic carbocycles. The zero-order valence-corrected chi connectivity index (χ0v) is 8.61. The Hall–Kier alpha value is -0.0100. The first kappa shape index (κ1) is 10.1. The average molecular weight is 188 g/mol. The number of rotatable bonds is 3. The van der Waals surface area contributed by atoms with Crippen LogP contribution in [0, 0.1) is 0 Å². The maximum atomic E-state index is 5.76. The molecule has 0 unspecified atom stereocenters. The quantitative estimate of drug-likeness (QED) is 0.657. The Morgan fingerprint density at radius 2 is 2.00 bits per heavy atom. The van der Waals surface area contributed by atoms with Crippen LogP contribution in [0.1, 0.15) is 32.1 Å². The van der Waals surface area contributed by atoms with Crippen molar-refractivity contribution in [2.24, 2.45) is 0 Å². The van der Waals surface area contributed by atoms with Gasteiger partial charge < -0.3 is 0 Å². The van der Waals surface area contributed by atoms with Gasteiger partial charge in [-0.05, 0) is 19.9 Å². The summed E-state index contributed by atoms with van der Waals surface area (Å²) in [5, 5.41) is 0.753. The number of hydrogen-bond acceptors (Lipinski definition) is 1. The van der Waals surface area contributed by atoms with E-state index < -0.39 is 0 Å². The summed E-state index contributed by atoms with van der Waals surface area (Å²) >= 11 is 5.76. The molecule has 0 aliphatic heterocycles. The summed E-state index contributed by atoms with van der Waals surface area (Å²) in [5.41, 5.74) is 0. The lowest BCUT2D eigenvalue weighted by molar-refractivity contribution is 0.208. The maximum absolute atomic E-state index is 5.76. The molecule has 1 saturated carbocycles. The largest absolute Gasteiger partial charge is 0.298 e. The number of hydrogen-bond donors (Lipinski definition) is 0. The van der Waals surface area contributed by atoms with Gasteiger partial charge in [-0.2, -0.15) is 0 Å². The second-order valence-corrected chi connectivity index (χ2v) is 4.26. The molecular weight excluding hydrogens is 170 g/mol. The Morgan fingerprint density at radius 1 is 1.42 bits per heavy atom. The molecule has 0 aromatic heterocycles. The normalized spacial score (nSPS) is 19.9. The highest BCUT2D eigenvalue weighted by molar-refractivity contribution is 6.29. The molecule has 2 heteroatoms. The molecule has 0 amide bonds. The lowest BCUT2D eigenvalue weighted by atomic mass is 9.94. The van der Waals surface area contributed by atoms with Crippen molar-refractivity contribution in [3.63, 3.8) is 0 Å². The molecule has 0 aromatic carbocycles. The molecule has 0 spiro atoms. The second kappa shape index (κ2) is 4.88. The van der Waals surface area contributed by atoms with Gasteiger partial charge in [-0.1, -0.05) is 37.4 Å². The zero-order chi connectivity index (χ0) is 8.97. The van der Waals surface area contributed by atoms with E-state index in [1.165, 1.54) is 32.1 Å². The van der Waals surface area contributed by atoms with Gasteiger partial charge in [-0.3, -0.25) is 4.90 Å². The van der Waals surface area contributed by atoms with Crippen LogP contribution in [0.5, 0.6) is 0 Å². The predicted octanol–water partition coefficient (Wildman–Crippen LogP) is 3.00. The molecule has 0 aromatic rings. The number of likely N-dealkylation sites (N-methyl/N-ethyl adjacent to an activating group) is 1. The summed E-state index contributed by atoms with van der Waals surface area (Å²) in [7, 11) is 2.14. The lowest BCUT2D eigenvalue weighted by Gasteiger charge is -2.30. The number of halogens is 1. The molecule has 0 heterocycles. The Labute approximate surface area is 80.4 Å². The minimum absolute atomic E-state index is 0.745. The fourth-order valence-corrected chi connectivity index (χ4v) is 2.11. The fraction of sp³-hybridized carbons (Fsp3) is 0.800. The van der Waals surface area contributed by atoms with Gasteiger partial charge in [0.05, 0.1) is 0 Å². The van der Waals surface area contributed by atoms with E-state index in [9.17, 15) is 0 Å². The standard InChI is InChI=1S/C10H18ClN/c1-9(11)8-12(2)10-6-4-3-5-7-10/h10H,1,3-8H2,2H3. The molecule has 1 fully saturated rings. The fourth-order valence-electron chi connectivity index (χ4n) is 1.92. The molecule has 70 valence electrons. The molecule has 1 nitrogen and oxygen atoms in total. The topological polar surface area (TPSA) is 3.24 Å². The van der Waals surface area contributed by atoms with Gasteiger partial charge in [-0.15, -0.1) is 0 Å². The third kappa shape index (κ3) is 3.16. The van der Waals surface area contributed by atoms with Crippen LogP contribution in [0.15, 0.2) is 11.6 Å². The smallest absolute Gasteiger partial charge is 0.0335 e. The van der Waals surface area contributed by atoms with Crippen LogP contribution in [-0.4, -0.2) is 24.5 Å². The van der Waals surface area contributed by atoms with Gasteiger partial charge in [0.2, 0.25) is 0 Å². The molecule has 1 rings (SSSR count). The zero-order valence-electron chi connectivity index (χ0n) is 7.85. The number of nitrogens with zero attached hydrogens (tertiary/aromatic N) is 1. The van der Waals surface area contributed by atoms with Gasteiger partial charge in [0, 0.05) is 17.6 Å². The van der Waals surface area contributed by atoms with Gasteiger partial charge in [0.25, 0.3) is 0 Å². The van der Waals surface area contributed by atoms with E-state index in [2.05, 4.69) is 18.5 Å². The Morgan fingerprint density at radius 3 is 2.50 bits per heavy atom. The highest BCUT2D eigenvalue weighted by Gasteiger charge is 2.17. The van der Waals surface area contributed by atoms with Crippen LogP contribution in [0.2, 0.25) is 0 Å². The van der Waals surface area contributed by atoms with Gasteiger partial charge in [-0.25, -0.2) is 0 Å². The average Bonchev–Trinajstić information content (AvgIpc) is 2.05. The first-order valence-electron chi connectivity index (χ1n) is 4.73. The van der Waals surface area contributed by atoms with E-state index in [-0.39, 0.29) is 0 Å². The maximum Gasteiger partial charge on any atom is 0.0335 e. The van der Waals surface area contributed by atoms with Crippen molar-refractivity contribution in [2.45, 2.75) is 38.1 Å². The highest BCUT2D eigenvalue weighted by Crippen LogP contribution is 2.22. The van der Waals surface area contributed by atoms with Crippen LogP contribution >= 0.6 is 11.6 Å². The Balaban J connectivity index is 2.29.